The summed E-state index contributed by atoms with van der Waals surface area (Å²) in [7, 11) is 0. The number of nitrogens with zero attached hydrogens (tertiary/aromatic N) is 1. The fourth-order valence-corrected chi connectivity index (χ4v) is 4.55. The van der Waals surface area contributed by atoms with Crippen LogP contribution in [0.3, 0.4) is 0 Å². The molecule has 38 heavy (non-hydrogen) atoms. The number of fused-ring (bicyclic) bond motifs is 1. The Labute approximate surface area is 235 Å². The average molecular weight is 564 g/mol. The largest absolute Gasteiger partial charge is 0.451 e. The maximum Gasteiger partial charge on any atom is 0.293 e. The molecule has 0 aliphatic heterocycles. The predicted molar refractivity (Wildman–Crippen MR) is 156 cm³/mol. The summed E-state index contributed by atoms with van der Waals surface area (Å²) in [4.78, 5) is 17.4. The van der Waals surface area contributed by atoms with Gasteiger partial charge in [-0.25, -0.2) is 4.98 Å². The van der Waals surface area contributed by atoms with Gasteiger partial charge in [-0.1, -0.05) is 49.2 Å². The second-order valence-electron chi connectivity index (χ2n) is 8.83. The Morgan fingerprint density at radius 3 is 2.68 bits per heavy atom. The number of benzene rings is 3. The van der Waals surface area contributed by atoms with Gasteiger partial charge in [0.25, 0.3) is 5.91 Å². The first kappa shape index (κ1) is 26.0. The highest BCUT2D eigenvalue weighted by Crippen LogP contribution is 2.32. The van der Waals surface area contributed by atoms with Crippen molar-refractivity contribution in [3.63, 3.8) is 0 Å². The van der Waals surface area contributed by atoms with Crippen molar-refractivity contribution in [2.75, 3.05) is 5.32 Å². The lowest BCUT2D eigenvalue weighted by molar-refractivity contribution is 0.0951. The summed E-state index contributed by atoms with van der Waals surface area (Å²) in [5.41, 5.74) is 4.81. The van der Waals surface area contributed by atoms with Gasteiger partial charge in [-0.15, -0.1) is 0 Å². The van der Waals surface area contributed by atoms with Crippen LogP contribution in [0.1, 0.15) is 42.3 Å². The molecular formula is C29H23Cl2N3O3S. The van der Waals surface area contributed by atoms with E-state index in [1.165, 1.54) is 5.56 Å². The van der Waals surface area contributed by atoms with Crippen molar-refractivity contribution in [1.29, 1.82) is 0 Å². The van der Waals surface area contributed by atoms with E-state index < -0.39 is 5.91 Å². The zero-order valence-electron chi connectivity index (χ0n) is 20.5. The molecule has 2 N–H and O–H groups in total. The molecule has 2 aromatic heterocycles. The molecule has 0 saturated heterocycles. The van der Waals surface area contributed by atoms with Gasteiger partial charge < -0.3 is 14.2 Å². The third-order valence-electron chi connectivity index (χ3n) is 6.21. The van der Waals surface area contributed by atoms with Gasteiger partial charge in [0, 0.05) is 21.8 Å². The normalized spacial score (nSPS) is 11.9. The van der Waals surface area contributed by atoms with E-state index in [9.17, 15) is 4.79 Å². The summed E-state index contributed by atoms with van der Waals surface area (Å²) in [6.07, 6.45) is 1.05. The summed E-state index contributed by atoms with van der Waals surface area (Å²) < 4.78 is 11.7. The summed E-state index contributed by atoms with van der Waals surface area (Å²) in [6.45, 7) is 4.36. The number of thiocarbonyl (C=S) groups is 1. The van der Waals surface area contributed by atoms with E-state index in [-0.39, 0.29) is 10.9 Å². The fourth-order valence-electron chi connectivity index (χ4n) is 3.96. The van der Waals surface area contributed by atoms with Crippen LogP contribution < -0.4 is 10.6 Å². The Kier molecular flexibility index (Phi) is 7.51. The van der Waals surface area contributed by atoms with Crippen molar-refractivity contribution < 1.29 is 13.6 Å². The maximum absolute atomic E-state index is 12.7. The number of rotatable bonds is 6. The third kappa shape index (κ3) is 5.60. The van der Waals surface area contributed by atoms with Crippen molar-refractivity contribution in [2.24, 2.45) is 0 Å². The highest BCUT2D eigenvalue weighted by molar-refractivity contribution is 7.80. The van der Waals surface area contributed by atoms with E-state index in [1.807, 2.05) is 30.3 Å². The molecule has 0 bridgehead atoms. The molecule has 0 unspecified atom stereocenters. The Hall–Kier alpha value is -3.65. The van der Waals surface area contributed by atoms with Crippen LogP contribution in [-0.4, -0.2) is 16.0 Å². The van der Waals surface area contributed by atoms with Gasteiger partial charge in [0.1, 0.15) is 11.3 Å². The fraction of sp³-hybridized carbons (Fsp3) is 0.138. The van der Waals surface area contributed by atoms with Crippen molar-refractivity contribution in [3.8, 4) is 22.8 Å². The van der Waals surface area contributed by atoms with Gasteiger partial charge >= 0.3 is 0 Å². The Balaban J connectivity index is 1.27. The van der Waals surface area contributed by atoms with Gasteiger partial charge in [0.15, 0.2) is 16.5 Å². The van der Waals surface area contributed by atoms with Crippen LogP contribution in [0.2, 0.25) is 10.0 Å². The molecule has 0 aliphatic rings. The minimum Gasteiger partial charge on any atom is -0.451 e. The van der Waals surface area contributed by atoms with Gasteiger partial charge in [-0.3, -0.25) is 10.1 Å². The summed E-state index contributed by atoms with van der Waals surface area (Å²) >= 11 is 17.6. The summed E-state index contributed by atoms with van der Waals surface area (Å²) in [5, 5.41) is 6.73. The van der Waals surface area contributed by atoms with Gasteiger partial charge in [-0.05, 0) is 90.8 Å². The molecule has 0 fully saturated rings. The number of furan rings is 1. The van der Waals surface area contributed by atoms with Crippen molar-refractivity contribution >= 4 is 63.2 Å². The quantitative estimate of drug-likeness (QED) is 0.201. The Morgan fingerprint density at radius 1 is 1.03 bits per heavy atom. The molecule has 0 saturated carbocycles. The molecule has 192 valence electrons. The highest BCUT2D eigenvalue weighted by atomic mass is 35.5. The number of oxazole rings is 1. The van der Waals surface area contributed by atoms with E-state index >= 15 is 0 Å². The van der Waals surface area contributed by atoms with E-state index in [0.717, 1.165) is 23.1 Å². The number of anilines is 1. The zero-order valence-corrected chi connectivity index (χ0v) is 22.9. The molecule has 0 spiro atoms. The van der Waals surface area contributed by atoms with Crippen LogP contribution >= 0.6 is 35.4 Å². The number of amides is 1. The number of hydrogen-bond acceptors (Lipinski definition) is 5. The number of hydrogen-bond donors (Lipinski definition) is 2. The van der Waals surface area contributed by atoms with E-state index in [4.69, 9.17) is 44.3 Å². The van der Waals surface area contributed by atoms with Gasteiger partial charge in [0.2, 0.25) is 5.89 Å². The number of nitrogens with one attached hydrogen (secondary N) is 2. The lowest BCUT2D eigenvalue weighted by atomic mass is 9.98. The van der Waals surface area contributed by atoms with Crippen LogP contribution in [0.4, 0.5) is 5.69 Å². The van der Waals surface area contributed by atoms with E-state index in [0.29, 0.717) is 38.9 Å². The van der Waals surface area contributed by atoms with Crippen molar-refractivity contribution in [2.45, 2.75) is 26.2 Å². The van der Waals surface area contributed by atoms with E-state index in [1.54, 1.807) is 30.3 Å². The third-order valence-corrected chi connectivity index (χ3v) is 6.98. The first-order valence-electron chi connectivity index (χ1n) is 12.0. The van der Waals surface area contributed by atoms with Crippen LogP contribution in [-0.2, 0) is 0 Å². The molecule has 0 radical (unpaired) electrons. The number of aromatic nitrogens is 1. The first-order valence-corrected chi connectivity index (χ1v) is 13.2. The molecule has 6 nitrogen and oxygen atoms in total. The topological polar surface area (TPSA) is 80.3 Å². The molecule has 9 heteroatoms. The maximum atomic E-state index is 12.7. The molecule has 2 heterocycles. The molecule has 5 rings (SSSR count). The molecule has 1 atom stereocenters. The van der Waals surface area contributed by atoms with Crippen LogP contribution in [0.15, 0.2) is 81.6 Å². The highest BCUT2D eigenvalue weighted by Gasteiger charge is 2.16. The smallest absolute Gasteiger partial charge is 0.293 e. The van der Waals surface area contributed by atoms with Crippen LogP contribution in [0.5, 0.6) is 0 Å². The number of halogens is 2. The Bertz CT molecular complexity index is 1660. The van der Waals surface area contributed by atoms with Crippen LogP contribution in [0, 0.1) is 0 Å². The lowest BCUT2D eigenvalue weighted by Gasteiger charge is -2.09. The van der Waals surface area contributed by atoms with E-state index in [2.05, 4.69) is 41.6 Å². The first-order chi connectivity index (χ1) is 18.3. The van der Waals surface area contributed by atoms with Gasteiger partial charge in [0.05, 0.1) is 5.02 Å². The molecule has 3 aromatic carbocycles. The molecule has 0 aliphatic carbocycles. The number of carbonyl (C=O) groups is 1. The van der Waals surface area contributed by atoms with Crippen molar-refractivity contribution in [3.05, 3.63) is 94.2 Å². The van der Waals surface area contributed by atoms with Crippen LogP contribution in [0.25, 0.3) is 33.9 Å². The van der Waals surface area contributed by atoms with Gasteiger partial charge in [-0.2, -0.15) is 0 Å². The standard InChI is InChI=1S/C29H23Cl2N3O3S/c1-3-16(2)17-7-10-25-23(14-17)33-28(37-25)18-5-4-6-20(13-18)32-29(38)34-27(35)26-12-11-24(36-26)21-15-19(30)8-9-22(21)31/h4-16H,3H2,1-2H3,(H2,32,34,35,38)/t16-/m0/s1. The predicted octanol–water partition coefficient (Wildman–Crippen LogP) is 8.70. The minimum absolute atomic E-state index is 0.0807. The molecular weight excluding hydrogens is 541 g/mol. The molecule has 1 amide bonds. The lowest BCUT2D eigenvalue weighted by Crippen LogP contribution is -2.33. The molecule has 5 aromatic rings. The SMILES string of the molecule is CC[C@H](C)c1ccc2oc(-c3cccc(NC(=S)NC(=O)c4ccc(-c5cc(Cl)ccc5Cl)o4)c3)nc2c1. The monoisotopic (exact) mass is 563 g/mol. The number of carbonyl (C=O) groups excluding carboxylic acids is 1. The Morgan fingerprint density at radius 2 is 1.87 bits per heavy atom. The second-order valence-corrected chi connectivity index (χ2v) is 10.1. The summed E-state index contributed by atoms with van der Waals surface area (Å²) in [5.74, 6) is 0.952. The zero-order chi connectivity index (χ0) is 26.8. The summed E-state index contributed by atoms with van der Waals surface area (Å²) in [6, 6.07) is 21.8. The second kappa shape index (κ2) is 11.0. The minimum atomic E-state index is -0.501. The average Bonchev–Trinajstić information content (AvgIpc) is 3.57. The van der Waals surface area contributed by atoms with Crippen molar-refractivity contribution in [1.82, 2.24) is 10.3 Å².